The number of amides is 4. The molecule has 4 fully saturated rings. The first-order valence-electron chi connectivity index (χ1n) is 27.9. The number of fused-ring (bicyclic) bond motifs is 2. The zero-order valence-corrected chi connectivity index (χ0v) is 47.1. The van der Waals surface area contributed by atoms with Crippen LogP contribution in [0.2, 0.25) is 0 Å². The average molecular weight is 1150 g/mol. The number of carbonyl (C=O) groups excluding carboxylic acids is 4. The fourth-order valence-electron chi connectivity index (χ4n) is 11.0. The number of ether oxygens (including phenoxy) is 2. The third-order valence-electron chi connectivity index (χ3n) is 15.2. The van der Waals surface area contributed by atoms with Crippen molar-refractivity contribution in [2.75, 3.05) is 32.0 Å². The molecule has 4 aliphatic rings. The number of likely N-dealkylation sites (tertiary alicyclic amines) is 1. The van der Waals surface area contributed by atoms with Crippen molar-refractivity contribution in [1.29, 1.82) is 0 Å². The van der Waals surface area contributed by atoms with Crippen LogP contribution in [0.25, 0.3) is 21.3 Å². The first-order valence-corrected chi connectivity index (χ1v) is 27.9. The molecule has 6 unspecified atom stereocenters. The minimum atomic E-state index is -1.30. The van der Waals surface area contributed by atoms with Crippen LogP contribution in [0.15, 0.2) is 105 Å². The van der Waals surface area contributed by atoms with Gasteiger partial charge >= 0.3 is 11.4 Å². The molecular weight excluding hydrogens is 1070 g/mol. The maximum atomic E-state index is 13.8. The number of hydrogen-bond acceptors (Lipinski definition) is 17. The number of aliphatic hydroxyl groups is 3. The van der Waals surface area contributed by atoms with E-state index in [0.29, 0.717) is 35.9 Å². The Morgan fingerprint density at radius 2 is 1.60 bits per heavy atom. The number of rotatable bonds is 17. The number of nitrogens with zero attached hydrogens (tertiary/aromatic N) is 8. The standard InChI is InChI=1S/C38H50N6O5.C10H13N5O4.C9H13N3O3/c1-38(2,3)43-37(49)32-20-26-14-7-8-15-27(26)22-44(32)23-33(45)30(19-24-11-5-4-6-12-24)41-36(48)31(21-34(39)46)42-35(47)29-18-17-25-13-9-10-16-28(25)40-29;1-5-3-15(10(18)12-9(5)17)8-2-6(13-14-11)7(4-16)19-8;10-7-3-4-12(9(14)11-7)8-2-1-6(5-13)15-8/h4-6,9-13,16-18,26-27,30-33,45H,7-8,14-15,19-23H2,1-3H3,(H2,39,46)(H,41,48)(H,42,47)(H,43,49);3,6-8,16H,2,4H2,1H3,(H,12,17,18);3-4,6,8,13H,1-2,5H2,(H2,10,11,14)/t26-,27+,30-,31?,32-,33+;;/m0../s1. The van der Waals surface area contributed by atoms with Crippen molar-refractivity contribution in [3.8, 4) is 0 Å². The van der Waals surface area contributed by atoms with E-state index >= 15 is 0 Å². The van der Waals surface area contributed by atoms with Gasteiger partial charge in [0.15, 0.2) is 0 Å². The van der Waals surface area contributed by atoms with E-state index in [1.165, 1.54) is 21.8 Å². The summed E-state index contributed by atoms with van der Waals surface area (Å²) in [6.07, 6.45) is 6.87. The highest BCUT2D eigenvalue weighted by atomic mass is 16.5. The second kappa shape index (κ2) is 28.9. The first kappa shape index (κ1) is 62.8. The van der Waals surface area contributed by atoms with E-state index in [9.17, 15) is 38.7 Å². The van der Waals surface area contributed by atoms with Crippen molar-refractivity contribution in [2.45, 2.75) is 152 Å². The number of benzene rings is 2. The molecule has 1 aliphatic carbocycles. The van der Waals surface area contributed by atoms with Gasteiger partial charge in [0.2, 0.25) is 17.7 Å². The summed E-state index contributed by atoms with van der Waals surface area (Å²) >= 11 is 0. The molecule has 3 aromatic heterocycles. The van der Waals surface area contributed by atoms with Crippen molar-refractivity contribution >= 4 is 40.3 Å². The lowest BCUT2D eigenvalue weighted by Gasteiger charge is -2.47. The van der Waals surface area contributed by atoms with Gasteiger partial charge in [-0.3, -0.25) is 43.0 Å². The molecule has 11 N–H and O–H groups in total. The molecule has 2 aromatic carbocycles. The second-order valence-electron chi connectivity index (χ2n) is 22.5. The van der Waals surface area contributed by atoms with Gasteiger partial charge in [-0.15, -0.1) is 0 Å². The predicted molar refractivity (Wildman–Crippen MR) is 306 cm³/mol. The number of aromatic nitrogens is 5. The SMILES string of the molecule is CC(C)(C)NC(=O)[C@@H]1C[C@@H]2CCCC[C@@H]2CN1C[C@@H](O)[C@H](Cc1ccccc1)NC(=O)C(CC(N)=O)NC(=O)c1ccc2ccccc2n1.Cc1cn(C2CC(N=[N+]=[N-])C(CO)O2)c(=O)[nH]c1=O.Nc1ccn(C2CCC(CO)O2)c(=O)n1. The fraction of sp³-hybridized carbons (Fsp3) is 0.526. The lowest BCUT2D eigenvalue weighted by Crippen LogP contribution is -2.61. The summed E-state index contributed by atoms with van der Waals surface area (Å²) < 4.78 is 13.5. The van der Waals surface area contributed by atoms with Crippen LogP contribution in [0.1, 0.15) is 113 Å². The number of para-hydroxylation sites is 1. The maximum Gasteiger partial charge on any atom is 0.351 e. The highest BCUT2D eigenvalue weighted by Gasteiger charge is 2.42. The van der Waals surface area contributed by atoms with Crippen LogP contribution < -0.4 is 44.4 Å². The van der Waals surface area contributed by atoms with Crippen LogP contribution in [-0.2, 0) is 30.3 Å². The van der Waals surface area contributed by atoms with E-state index in [2.05, 4.69) is 45.8 Å². The van der Waals surface area contributed by atoms with Crippen LogP contribution in [-0.4, -0.2) is 142 Å². The van der Waals surface area contributed by atoms with Gasteiger partial charge in [0, 0.05) is 53.3 Å². The summed E-state index contributed by atoms with van der Waals surface area (Å²) in [6.45, 7) is 7.96. The monoisotopic (exact) mass is 1150 g/mol. The van der Waals surface area contributed by atoms with Gasteiger partial charge in [-0.05, 0) is 101 Å². The van der Waals surface area contributed by atoms with Crippen molar-refractivity contribution < 1.29 is 44.0 Å². The van der Waals surface area contributed by atoms with Gasteiger partial charge in [0.05, 0.1) is 61.6 Å². The summed E-state index contributed by atoms with van der Waals surface area (Å²) in [6, 6.07) is 18.6. The van der Waals surface area contributed by atoms with E-state index in [1.807, 2.05) is 69.3 Å². The molecule has 11 atom stereocenters. The largest absolute Gasteiger partial charge is 0.394 e. The predicted octanol–water partition coefficient (Wildman–Crippen LogP) is 2.39. The number of β-amino-alcohol motifs (C(OH)–C–C–N with tert-alkyl or cyclic N) is 1. The molecule has 0 spiro atoms. The molecule has 26 heteroatoms. The summed E-state index contributed by atoms with van der Waals surface area (Å²) in [4.78, 5) is 102. The third-order valence-corrected chi connectivity index (χ3v) is 15.2. The summed E-state index contributed by atoms with van der Waals surface area (Å²) in [5.41, 5.74) is 19.4. The zero-order valence-electron chi connectivity index (χ0n) is 47.1. The van der Waals surface area contributed by atoms with E-state index in [-0.39, 0.29) is 62.4 Å². The van der Waals surface area contributed by atoms with Crippen LogP contribution in [0.5, 0.6) is 0 Å². The number of azide groups is 1. The highest BCUT2D eigenvalue weighted by molar-refractivity contribution is 5.99. The quantitative estimate of drug-likeness (QED) is 0.0367. The molecule has 0 radical (unpaired) electrons. The minimum absolute atomic E-state index is 0.0202. The number of nitrogens with one attached hydrogen (secondary N) is 4. The number of piperidine rings is 1. The van der Waals surface area contributed by atoms with Gasteiger partial charge in [-0.25, -0.2) is 14.6 Å². The van der Waals surface area contributed by atoms with Gasteiger partial charge in [0.1, 0.15) is 30.0 Å². The third kappa shape index (κ3) is 17.4. The number of aromatic amines is 1. The van der Waals surface area contributed by atoms with E-state index < -0.39 is 89.2 Å². The van der Waals surface area contributed by atoms with Crippen LogP contribution >= 0.6 is 0 Å². The number of primary amides is 1. The van der Waals surface area contributed by atoms with Crippen LogP contribution in [0.4, 0.5) is 5.82 Å². The number of carbonyl (C=O) groups is 4. The van der Waals surface area contributed by atoms with E-state index in [4.69, 9.17) is 36.7 Å². The molecule has 9 rings (SSSR count). The zero-order chi connectivity index (χ0) is 60.0. The molecule has 26 nitrogen and oxygen atoms in total. The van der Waals surface area contributed by atoms with Gasteiger partial charge < -0.3 is 52.2 Å². The molecule has 3 saturated heterocycles. The van der Waals surface area contributed by atoms with Gasteiger partial charge in [-0.2, -0.15) is 4.98 Å². The Labute approximate surface area is 478 Å². The van der Waals surface area contributed by atoms with Crippen molar-refractivity contribution in [1.82, 2.24) is 44.9 Å². The number of aryl methyl sites for hydroxylation is 1. The fourth-order valence-corrected chi connectivity index (χ4v) is 11.0. The van der Waals surface area contributed by atoms with Crippen molar-refractivity contribution in [3.05, 3.63) is 144 Å². The Morgan fingerprint density at radius 1 is 0.880 bits per heavy atom. The average Bonchev–Trinajstić information content (AvgIpc) is 4.12. The first-order chi connectivity index (χ1) is 39.6. The number of aliphatic hydroxyl groups excluding tert-OH is 3. The van der Waals surface area contributed by atoms with Gasteiger partial charge in [0.25, 0.3) is 11.5 Å². The number of hydrogen-bond donors (Lipinski definition) is 9. The highest BCUT2D eigenvalue weighted by Crippen LogP contribution is 2.39. The van der Waals surface area contributed by atoms with Crippen LogP contribution in [0.3, 0.4) is 0 Å². The van der Waals surface area contributed by atoms with E-state index in [0.717, 1.165) is 43.1 Å². The van der Waals surface area contributed by atoms with E-state index in [1.54, 1.807) is 37.4 Å². The number of H-pyrrole nitrogens is 1. The molecule has 1 saturated carbocycles. The summed E-state index contributed by atoms with van der Waals surface area (Å²) in [7, 11) is 0. The molecular formula is C57H76N14O12. The lowest BCUT2D eigenvalue weighted by molar-refractivity contribution is -0.133. The Morgan fingerprint density at radius 3 is 2.28 bits per heavy atom. The molecule has 0 bridgehead atoms. The summed E-state index contributed by atoms with van der Waals surface area (Å²) in [5, 5.41) is 43.0. The summed E-state index contributed by atoms with van der Waals surface area (Å²) in [5.74, 6) is -0.994. The second-order valence-corrected chi connectivity index (χ2v) is 22.5. The number of nitrogens with two attached hydrogens (primary N) is 2. The Balaban J connectivity index is 0.000000234. The Kier molecular flexibility index (Phi) is 21.9. The number of pyridine rings is 1. The topological polar surface area (TPSA) is 390 Å². The van der Waals surface area contributed by atoms with Gasteiger partial charge in [-0.1, -0.05) is 79.0 Å². The van der Waals surface area contributed by atoms with Crippen LogP contribution in [0, 0.1) is 18.8 Å². The molecule has 6 heterocycles. The molecule has 4 amide bonds. The number of nitrogen functional groups attached to an aromatic ring is 1. The van der Waals surface area contributed by atoms with Crippen molar-refractivity contribution in [3.63, 3.8) is 0 Å². The maximum absolute atomic E-state index is 13.8. The molecule has 446 valence electrons. The molecule has 5 aromatic rings. The molecule has 3 aliphatic heterocycles. The minimum Gasteiger partial charge on any atom is -0.394 e. The molecule has 83 heavy (non-hydrogen) atoms. The normalized spacial score (nSPS) is 23.3. The Bertz CT molecular complexity index is 3270. The smallest absolute Gasteiger partial charge is 0.351 e. The number of anilines is 1. The Hall–Kier alpha value is -7.84. The lowest BCUT2D eigenvalue weighted by atomic mass is 9.72. The van der Waals surface area contributed by atoms with Crippen molar-refractivity contribution in [2.24, 2.45) is 22.7 Å².